The number of anilines is 3. The number of fused-ring (bicyclic) bond motifs is 7. The van der Waals surface area contributed by atoms with Crippen molar-refractivity contribution in [1.29, 1.82) is 0 Å². The molecule has 0 spiro atoms. The fraction of sp³-hybridized carbons (Fsp3) is 0. The lowest BCUT2D eigenvalue weighted by molar-refractivity contribution is 0.668. The first-order valence-electron chi connectivity index (χ1n) is 16.5. The summed E-state index contributed by atoms with van der Waals surface area (Å²) in [5.74, 6) is 0. The maximum Gasteiger partial charge on any atom is 0.162 e. The minimum Gasteiger partial charge on any atom is -0.454 e. The third-order valence-electron chi connectivity index (χ3n) is 9.68. The average Bonchev–Trinajstić information content (AvgIpc) is 3.72. The molecule has 10 aromatic rings. The van der Waals surface area contributed by atoms with Gasteiger partial charge in [-0.3, -0.25) is 4.98 Å². The van der Waals surface area contributed by atoms with E-state index < -0.39 is 0 Å². The summed E-state index contributed by atoms with van der Waals surface area (Å²) in [5.41, 5.74) is 10.5. The molecule has 7 aromatic carbocycles. The van der Waals surface area contributed by atoms with Crippen LogP contribution in [-0.4, -0.2) is 9.55 Å². The molecule has 0 amide bonds. The second kappa shape index (κ2) is 11.0. The highest BCUT2D eigenvalue weighted by Crippen LogP contribution is 2.45. The van der Waals surface area contributed by atoms with Crippen LogP contribution in [0.25, 0.3) is 71.3 Å². The molecule has 0 bridgehead atoms. The Labute approximate surface area is 282 Å². The quantitative estimate of drug-likeness (QED) is 0.190. The molecule has 230 valence electrons. The second-order valence-electron chi connectivity index (χ2n) is 12.4. The van der Waals surface area contributed by atoms with E-state index in [0.29, 0.717) is 0 Å². The van der Waals surface area contributed by atoms with Gasteiger partial charge in [-0.2, -0.15) is 0 Å². The van der Waals surface area contributed by atoms with Gasteiger partial charge < -0.3 is 13.9 Å². The fourth-order valence-corrected chi connectivity index (χ4v) is 7.47. The highest BCUT2D eigenvalue weighted by atomic mass is 16.3. The summed E-state index contributed by atoms with van der Waals surface area (Å²) in [6.45, 7) is 0. The van der Waals surface area contributed by atoms with Crippen molar-refractivity contribution in [3.8, 4) is 16.8 Å². The fourth-order valence-electron chi connectivity index (χ4n) is 7.47. The van der Waals surface area contributed by atoms with Gasteiger partial charge in [0, 0.05) is 44.2 Å². The molecule has 3 heterocycles. The molecule has 0 saturated carbocycles. The molecular formula is C45H29N3O. The van der Waals surface area contributed by atoms with Gasteiger partial charge in [-0.25, -0.2) is 0 Å². The van der Waals surface area contributed by atoms with Crippen LogP contribution in [0, 0.1) is 0 Å². The second-order valence-corrected chi connectivity index (χ2v) is 12.4. The van der Waals surface area contributed by atoms with Crippen molar-refractivity contribution >= 4 is 71.6 Å². The Morgan fingerprint density at radius 1 is 0.429 bits per heavy atom. The Balaban J connectivity index is 1.24. The van der Waals surface area contributed by atoms with Gasteiger partial charge >= 0.3 is 0 Å². The van der Waals surface area contributed by atoms with Crippen LogP contribution in [0.3, 0.4) is 0 Å². The summed E-state index contributed by atoms with van der Waals surface area (Å²) < 4.78 is 9.01. The lowest BCUT2D eigenvalue weighted by Crippen LogP contribution is -2.11. The van der Waals surface area contributed by atoms with Crippen LogP contribution in [0.2, 0.25) is 0 Å². The number of hydrogen-bond donors (Lipinski definition) is 0. The van der Waals surface area contributed by atoms with Crippen LogP contribution in [0.5, 0.6) is 0 Å². The van der Waals surface area contributed by atoms with Crippen molar-refractivity contribution in [3.05, 3.63) is 176 Å². The lowest BCUT2D eigenvalue weighted by atomic mass is 10.0. The standard InChI is InChI=1S/C45H29N3O/c1-2-12-30(13-3-1)31-24-26-32(27-25-31)47(43-29-46-28-38-37-16-6-9-23-44(37)49-45(38)43)39-21-10-18-36-35(39)17-11-22-42(36)48-40-19-7-4-14-33(40)34-15-5-8-20-41(34)48/h1-29H. The van der Waals surface area contributed by atoms with Crippen LogP contribution < -0.4 is 4.90 Å². The molecule has 0 aliphatic rings. The van der Waals surface area contributed by atoms with E-state index in [4.69, 9.17) is 9.40 Å². The van der Waals surface area contributed by atoms with Gasteiger partial charge in [0.15, 0.2) is 5.58 Å². The van der Waals surface area contributed by atoms with E-state index in [1.807, 2.05) is 30.6 Å². The Bertz CT molecular complexity index is 2780. The predicted molar refractivity (Wildman–Crippen MR) is 203 cm³/mol. The first-order valence-corrected chi connectivity index (χ1v) is 16.5. The minimum atomic E-state index is 0.805. The first kappa shape index (κ1) is 27.5. The summed E-state index contributed by atoms with van der Waals surface area (Å²) in [6.07, 6.45) is 3.83. The summed E-state index contributed by atoms with van der Waals surface area (Å²) >= 11 is 0. The van der Waals surface area contributed by atoms with Gasteiger partial charge in [0.25, 0.3) is 0 Å². The zero-order valence-corrected chi connectivity index (χ0v) is 26.5. The van der Waals surface area contributed by atoms with Crippen LogP contribution in [0.4, 0.5) is 17.1 Å². The third kappa shape index (κ3) is 4.28. The number of para-hydroxylation sites is 3. The number of aromatic nitrogens is 2. The molecule has 4 heteroatoms. The largest absolute Gasteiger partial charge is 0.454 e. The summed E-state index contributed by atoms with van der Waals surface area (Å²) in [5, 5.41) is 6.82. The van der Waals surface area contributed by atoms with Crippen LogP contribution >= 0.6 is 0 Å². The number of rotatable bonds is 5. The number of nitrogens with zero attached hydrogens (tertiary/aromatic N) is 3. The number of pyridine rings is 1. The van der Waals surface area contributed by atoms with E-state index in [1.165, 1.54) is 27.4 Å². The Hall–Kier alpha value is -6.65. The lowest BCUT2D eigenvalue weighted by Gasteiger charge is -2.27. The molecule has 0 atom stereocenters. The van der Waals surface area contributed by atoms with Gasteiger partial charge in [-0.1, -0.05) is 121 Å². The first-order chi connectivity index (χ1) is 24.3. The van der Waals surface area contributed by atoms with Gasteiger partial charge in [0.2, 0.25) is 0 Å². The minimum absolute atomic E-state index is 0.805. The van der Waals surface area contributed by atoms with E-state index in [-0.39, 0.29) is 0 Å². The molecule has 4 nitrogen and oxygen atoms in total. The van der Waals surface area contributed by atoms with Crippen molar-refractivity contribution < 1.29 is 4.42 Å². The normalized spacial score (nSPS) is 11.7. The van der Waals surface area contributed by atoms with Gasteiger partial charge in [-0.05, 0) is 53.6 Å². The van der Waals surface area contributed by atoms with Crippen molar-refractivity contribution in [2.24, 2.45) is 0 Å². The molecule has 0 aliphatic heterocycles. The molecule has 49 heavy (non-hydrogen) atoms. The van der Waals surface area contributed by atoms with E-state index >= 15 is 0 Å². The molecule has 0 fully saturated rings. The zero-order valence-electron chi connectivity index (χ0n) is 26.5. The van der Waals surface area contributed by atoms with Crippen LogP contribution in [-0.2, 0) is 0 Å². The van der Waals surface area contributed by atoms with E-state index in [9.17, 15) is 0 Å². The molecule has 0 radical (unpaired) electrons. The Morgan fingerprint density at radius 2 is 1.04 bits per heavy atom. The average molecular weight is 628 g/mol. The Morgan fingerprint density at radius 3 is 1.82 bits per heavy atom. The number of furan rings is 1. The van der Waals surface area contributed by atoms with Crippen molar-refractivity contribution in [2.45, 2.75) is 0 Å². The molecule has 0 N–H and O–H groups in total. The van der Waals surface area contributed by atoms with Crippen molar-refractivity contribution in [1.82, 2.24) is 9.55 Å². The van der Waals surface area contributed by atoms with Gasteiger partial charge in [0.05, 0.1) is 28.6 Å². The van der Waals surface area contributed by atoms with Crippen molar-refractivity contribution in [2.75, 3.05) is 4.90 Å². The maximum absolute atomic E-state index is 6.61. The molecule has 3 aromatic heterocycles. The molecule has 0 saturated heterocycles. The topological polar surface area (TPSA) is 34.2 Å². The number of benzene rings is 7. The highest BCUT2D eigenvalue weighted by molar-refractivity contribution is 6.13. The van der Waals surface area contributed by atoms with Crippen LogP contribution in [0.15, 0.2) is 181 Å². The zero-order chi connectivity index (χ0) is 32.3. The number of hydrogen-bond acceptors (Lipinski definition) is 3. The van der Waals surface area contributed by atoms with Gasteiger partial charge in [-0.15, -0.1) is 0 Å². The summed E-state index contributed by atoms with van der Waals surface area (Å²) in [6, 6.07) is 58.0. The monoisotopic (exact) mass is 627 g/mol. The van der Waals surface area contributed by atoms with Crippen molar-refractivity contribution in [3.63, 3.8) is 0 Å². The molecule has 10 rings (SSSR count). The van der Waals surface area contributed by atoms with E-state index in [1.54, 1.807) is 0 Å². The Kier molecular flexibility index (Phi) is 6.15. The molecule has 0 unspecified atom stereocenters. The van der Waals surface area contributed by atoms with Crippen LogP contribution in [0.1, 0.15) is 0 Å². The molecule has 0 aliphatic carbocycles. The van der Waals surface area contributed by atoms with Gasteiger partial charge in [0.1, 0.15) is 11.3 Å². The smallest absolute Gasteiger partial charge is 0.162 e. The van der Waals surface area contributed by atoms with E-state index in [0.717, 1.165) is 61.0 Å². The summed E-state index contributed by atoms with van der Waals surface area (Å²) in [4.78, 5) is 7.07. The molecular weight excluding hydrogens is 599 g/mol. The predicted octanol–water partition coefficient (Wildman–Crippen LogP) is 12.4. The third-order valence-corrected chi connectivity index (χ3v) is 9.68. The highest BCUT2D eigenvalue weighted by Gasteiger charge is 2.23. The van der Waals surface area contributed by atoms with E-state index in [2.05, 4.69) is 155 Å². The SMILES string of the molecule is c1ccc(-c2ccc(N(c3cccc4c(-n5c6ccccc6c6ccccc65)cccc34)c3cncc4c3oc3ccccc34)cc2)cc1. The maximum atomic E-state index is 6.61. The summed E-state index contributed by atoms with van der Waals surface area (Å²) in [7, 11) is 0.